The van der Waals surface area contributed by atoms with Gasteiger partial charge in [-0.05, 0) is 18.6 Å². The number of rotatable bonds is 4. The van der Waals surface area contributed by atoms with E-state index in [0.29, 0.717) is 31.8 Å². The highest BCUT2D eigenvalue weighted by Crippen LogP contribution is 2.20. The Bertz CT molecular complexity index is 1070. The molecule has 0 unspecified atom stereocenters. The Labute approximate surface area is 157 Å². The van der Waals surface area contributed by atoms with E-state index >= 15 is 0 Å². The second-order valence-corrected chi connectivity index (χ2v) is 8.15. The molecule has 140 valence electrons. The van der Waals surface area contributed by atoms with Gasteiger partial charge in [0.15, 0.2) is 5.82 Å². The fourth-order valence-electron chi connectivity index (χ4n) is 3.12. The lowest BCUT2D eigenvalue weighted by molar-refractivity contribution is 0.389. The van der Waals surface area contributed by atoms with Crippen molar-refractivity contribution >= 4 is 27.6 Å². The minimum Gasteiger partial charge on any atom is -0.351 e. The maximum Gasteiger partial charge on any atom is 0.236 e. The van der Waals surface area contributed by atoms with E-state index in [9.17, 15) is 8.42 Å². The third kappa shape index (κ3) is 3.56. The lowest BCUT2D eigenvalue weighted by atomic mass is 10.2. The molecular weight excluding hydrogens is 364 g/mol. The summed E-state index contributed by atoms with van der Waals surface area (Å²) in [5.41, 5.74) is 1.55. The van der Waals surface area contributed by atoms with E-state index in [0.717, 1.165) is 17.2 Å². The number of fused-ring (bicyclic) bond motifs is 1. The zero-order valence-corrected chi connectivity index (χ0v) is 15.7. The van der Waals surface area contributed by atoms with Crippen LogP contribution in [0.4, 0.5) is 5.82 Å². The first-order valence-electron chi connectivity index (χ1n) is 8.69. The number of piperazine rings is 1. The van der Waals surface area contributed by atoms with Crippen LogP contribution in [0.5, 0.6) is 0 Å². The van der Waals surface area contributed by atoms with Gasteiger partial charge in [0.1, 0.15) is 5.82 Å². The van der Waals surface area contributed by atoms with Crippen molar-refractivity contribution in [3.63, 3.8) is 0 Å². The van der Waals surface area contributed by atoms with Crippen molar-refractivity contribution in [1.82, 2.24) is 23.9 Å². The van der Waals surface area contributed by atoms with Gasteiger partial charge in [-0.1, -0.05) is 30.3 Å². The minimum absolute atomic E-state index is 0.400. The van der Waals surface area contributed by atoms with Crippen molar-refractivity contribution < 1.29 is 8.42 Å². The molecule has 1 fully saturated rings. The molecule has 4 rings (SSSR count). The topological polar surface area (TPSA) is 83.7 Å². The molecule has 1 aromatic carbocycles. The van der Waals surface area contributed by atoms with Crippen molar-refractivity contribution in [2.75, 3.05) is 31.1 Å². The molecule has 27 heavy (non-hydrogen) atoms. The Hall–Kier alpha value is -2.78. The largest absolute Gasteiger partial charge is 0.351 e. The first-order chi connectivity index (χ1) is 13.0. The van der Waals surface area contributed by atoms with Gasteiger partial charge in [-0.25, -0.2) is 13.4 Å². The number of benzene rings is 1. The Balaban J connectivity index is 1.47. The number of sulfonamides is 1. The van der Waals surface area contributed by atoms with Gasteiger partial charge in [0.05, 0.1) is 0 Å². The molecule has 0 amide bonds. The number of anilines is 1. The summed E-state index contributed by atoms with van der Waals surface area (Å²) in [6.07, 6.45) is 5.16. The molecule has 3 heterocycles. The van der Waals surface area contributed by atoms with Crippen LogP contribution >= 0.6 is 0 Å². The molecule has 1 aliphatic rings. The summed E-state index contributed by atoms with van der Waals surface area (Å²) in [5.74, 6) is 1.52. The molecule has 1 aliphatic heterocycles. The van der Waals surface area contributed by atoms with E-state index in [4.69, 9.17) is 0 Å². The molecule has 0 saturated carbocycles. The van der Waals surface area contributed by atoms with Gasteiger partial charge in [0.2, 0.25) is 15.7 Å². The minimum atomic E-state index is -3.45. The van der Waals surface area contributed by atoms with E-state index in [2.05, 4.69) is 20.1 Å². The molecule has 2 aromatic heterocycles. The number of nitrogens with zero attached hydrogens (tertiary/aromatic N) is 6. The van der Waals surface area contributed by atoms with Gasteiger partial charge in [0, 0.05) is 44.0 Å². The van der Waals surface area contributed by atoms with Crippen LogP contribution in [0.25, 0.3) is 11.7 Å². The van der Waals surface area contributed by atoms with Gasteiger partial charge in [-0.15, -0.1) is 10.2 Å². The van der Waals surface area contributed by atoms with E-state index in [-0.39, 0.29) is 0 Å². The maximum atomic E-state index is 12.6. The summed E-state index contributed by atoms with van der Waals surface area (Å²) in [5, 5.41) is 9.56. The molecule has 0 spiro atoms. The third-order valence-corrected chi connectivity index (χ3v) is 6.17. The van der Waals surface area contributed by atoms with Crippen LogP contribution in [0.15, 0.2) is 48.1 Å². The molecule has 0 aliphatic carbocycles. The van der Waals surface area contributed by atoms with Gasteiger partial charge >= 0.3 is 0 Å². The van der Waals surface area contributed by atoms with E-state index < -0.39 is 10.0 Å². The number of hydrogen-bond acceptors (Lipinski definition) is 6. The second kappa shape index (κ2) is 7.09. The molecular formula is C18H20N6O2S. The molecule has 0 radical (unpaired) electrons. The Kier molecular flexibility index (Phi) is 4.63. The van der Waals surface area contributed by atoms with Crippen LogP contribution in [0.2, 0.25) is 0 Å². The van der Waals surface area contributed by atoms with Crippen molar-refractivity contribution in [1.29, 1.82) is 0 Å². The zero-order valence-electron chi connectivity index (χ0n) is 14.9. The average molecular weight is 384 g/mol. The average Bonchev–Trinajstić information content (AvgIpc) is 3.09. The lowest BCUT2D eigenvalue weighted by Gasteiger charge is -2.33. The number of aryl methyl sites for hydroxylation is 1. The van der Waals surface area contributed by atoms with Crippen molar-refractivity contribution in [3.8, 4) is 0 Å². The summed E-state index contributed by atoms with van der Waals surface area (Å²) < 4.78 is 28.6. The van der Waals surface area contributed by atoms with E-state index in [1.807, 2.05) is 47.9 Å². The fraction of sp³-hybridized carbons (Fsp3) is 0.278. The van der Waals surface area contributed by atoms with Gasteiger partial charge in [-0.2, -0.15) is 4.31 Å². The number of hydrogen-bond donors (Lipinski definition) is 0. The normalized spacial score (nSPS) is 16.4. The molecule has 0 bridgehead atoms. The van der Waals surface area contributed by atoms with Gasteiger partial charge in [-0.3, -0.25) is 4.40 Å². The van der Waals surface area contributed by atoms with Crippen LogP contribution in [0.3, 0.4) is 0 Å². The molecule has 9 heteroatoms. The summed E-state index contributed by atoms with van der Waals surface area (Å²) in [6.45, 7) is 3.79. The van der Waals surface area contributed by atoms with Crippen LogP contribution in [0, 0.1) is 6.92 Å². The quantitative estimate of drug-likeness (QED) is 0.679. The smallest absolute Gasteiger partial charge is 0.236 e. The van der Waals surface area contributed by atoms with Gasteiger partial charge < -0.3 is 4.90 Å². The van der Waals surface area contributed by atoms with E-state index in [1.165, 1.54) is 9.71 Å². The predicted octanol–water partition coefficient (Wildman–Crippen LogP) is 1.56. The Morgan fingerprint density at radius 3 is 2.52 bits per heavy atom. The van der Waals surface area contributed by atoms with Crippen molar-refractivity contribution in [2.24, 2.45) is 0 Å². The van der Waals surface area contributed by atoms with Crippen LogP contribution in [-0.2, 0) is 10.0 Å². The highest BCUT2D eigenvalue weighted by Gasteiger charge is 2.27. The first kappa shape index (κ1) is 17.6. The molecule has 0 N–H and O–H groups in total. The monoisotopic (exact) mass is 384 g/mol. The molecule has 0 atom stereocenters. The summed E-state index contributed by atoms with van der Waals surface area (Å²) in [7, 11) is -3.45. The predicted molar refractivity (Wildman–Crippen MR) is 104 cm³/mol. The summed E-state index contributed by atoms with van der Waals surface area (Å²) in [4.78, 5) is 6.48. The van der Waals surface area contributed by atoms with Crippen molar-refractivity contribution in [2.45, 2.75) is 6.92 Å². The van der Waals surface area contributed by atoms with Crippen molar-refractivity contribution in [3.05, 3.63) is 59.5 Å². The fourth-order valence-corrected chi connectivity index (χ4v) is 4.29. The molecule has 1 saturated heterocycles. The summed E-state index contributed by atoms with van der Waals surface area (Å²) in [6, 6.07) is 9.40. The van der Waals surface area contributed by atoms with Crippen LogP contribution < -0.4 is 4.90 Å². The lowest BCUT2D eigenvalue weighted by Crippen LogP contribution is -2.48. The number of aromatic nitrogens is 4. The zero-order chi connectivity index (χ0) is 18.9. The van der Waals surface area contributed by atoms with E-state index in [1.54, 1.807) is 12.3 Å². The standard InChI is InChI=1S/C18H20N6O2S/c1-15-20-21-18-17(19-8-9-24(15)18)22-10-12-23(13-11-22)27(25,26)14-7-16-5-3-2-4-6-16/h2-9,14H,10-13H2,1H3. The highest BCUT2D eigenvalue weighted by molar-refractivity contribution is 7.92. The maximum absolute atomic E-state index is 12.6. The van der Waals surface area contributed by atoms with Gasteiger partial charge in [0.25, 0.3) is 0 Å². The highest BCUT2D eigenvalue weighted by atomic mass is 32.2. The summed E-state index contributed by atoms with van der Waals surface area (Å²) >= 11 is 0. The second-order valence-electron chi connectivity index (χ2n) is 6.34. The molecule has 8 nitrogen and oxygen atoms in total. The van der Waals surface area contributed by atoms with Crippen LogP contribution in [0.1, 0.15) is 11.4 Å². The van der Waals surface area contributed by atoms with Crippen LogP contribution in [-0.4, -0.2) is 58.5 Å². The Morgan fingerprint density at radius 2 is 1.78 bits per heavy atom. The SMILES string of the molecule is Cc1nnc2c(N3CCN(S(=O)(=O)C=Cc4ccccc4)CC3)nccn12. The third-order valence-electron chi connectivity index (χ3n) is 4.61. The first-order valence-corrected chi connectivity index (χ1v) is 10.2. The molecule has 3 aromatic rings. The Morgan fingerprint density at radius 1 is 1.04 bits per heavy atom.